The highest BCUT2D eigenvalue weighted by atomic mass is 16.3. The maximum absolute atomic E-state index is 12.3. The van der Waals surface area contributed by atoms with Gasteiger partial charge in [-0.2, -0.15) is 0 Å². The van der Waals surface area contributed by atoms with Crippen molar-refractivity contribution >= 4 is 5.91 Å². The maximum atomic E-state index is 12.3. The molecule has 0 aliphatic heterocycles. The third-order valence-corrected chi connectivity index (χ3v) is 4.51. The van der Waals surface area contributed by atoms with Crippen LogP contribution in [-0.2, 0) is 0 Å². The van der Waals surface area contributed by atoms with Crippen LogP contribution in [0, 0.1) is 12.8 Å². The van der Waals surface area contributed by atoms with Crippen LogP contribution in [0.1, 0.15) is 41.7 Å². The van der Waals surface area contributed by atoms with Crippen molar-refractivity contribution in [2.45, 2.75) is 38.7 Å². The standard InChI is InChI=1S/C18H22N2O3/c1-12-6-8-14(9-7-12)17-16(20-11-23-17)18(22)19-10-15(21)13-4-2-3-5-13/h6-9,11,13,15,21H,2-5,10H2,1H3,(H,19,22). The second-order valence-electron chi connectivity index (χ2n) is 6.22. The van der Waals surface area contributed by atoms with Crippen molar-refractivity contribution in [2.75, 3.05) is 6.54 Å². The number of benzene rings is 1. The van der Waals surface area contributed by atoms with E-state index < -0.39 is 6.10 Å². The summed E-state index contributed by atoms with van der Waals surface area (Å²) in [4.78, 5) is 16.4. The van der Waals surface area contributed by atoms with Crippen LogP contribution in [0.4, 0.5) is 0 Å². The Morgan fingerprint density at radius 3 is 2.74 bits per heavy atom. The number of aromatic nitrogens is 1. The van der Waals surface area contributed by atoms with Crippen LogP contribution in [-0.4, -0.2) is 28.6 Å². The number of hydrogen-bond donors (Lipinski definition) is 2. The van der Waals surface area contributed by atoms with Crippen molar-refractivity contribution < 1.29 is 14.3 Å². The van der Waals surface area contributed by atoms with Gasteiger partial charge in [-0.1, -0.05) is 42.7 Å². The Bertz CT molecular complexity index is 657. The molecule has 2 aromatic rings. The number of nitrogens with one attached hydrogen (secondary N) is 1. The molecule has 1 aliphatic carbocycles. The highest BCUT2D eigenvalue weighted by Gasteiger charge is 2.25. The Kier molecular flexibility index (Phi) is 4.76. The number of nitrogens with zero attached hydrogens (tertiary/aromatic N) is 1. The zero-order chi connectivity index (χ0) is 16.2. The van der Waals surface area contributed by atoms with Crippen LogP contribution in [0.3, 0.4) is 0 Å². The number of amides is 1. The minimum atomic E-state index is -0.490. The molecule has 0 spiro atoms. The predicted octanol–water partition coefficient (Wildman–Crippen LogP) is 2.93. The summed E-state index contributed by atoms with van der Waals surface area (Å²) >= 11 is 0. The molecule has 1 unspecified atom stereocenters. The van der Waals surface area contributed by atoms with E-state index in [4.69, 9.17) is 4.42 Å². The molecule has 1 aliphatic rings. The summed E-state index contributed by atoms with van der Waals surface area (Å²) in [7, 11) is 0. The molecule has 5 nitrogen and oxygen atoms in total. The van der Waals surface area contributed by atoms with Crippen molar-refractivity contribution in [1.82, 2.24) is 10.3 Å². The number of carbonyl (C=O) groups is 1. The van der Waals surface area contributed by atoms with Crippen LogP contribution >= 0.6 is 0 Å². The fourth-order valence-electron chi connectivity index (χ4n) is 3.11. The fourth-order valence-corrected chi connectivity index (χ4v) is 3.11. The molecular formula is C18H22N2O3. The van der Waals surface area contributed by atoms with Gasteiger partial charge in [0, 0.05) is 12.1 Å². The predicted molar refractivity (Wildman–Crippen MR) is 87.0 cm³/mol. The molecule has 1 aromatic heterocycles. The Hall–Kier alpha value is -2.14. The monoisotopic (exact) mass is 314 g/mol. The number of hydrogen-bond acceptors (Lipinski definition) is 4. The zero-order valence-electron chi connectivity index (χ0n) is 13.3. The summed E-state index contributed by atoms with van der Waals surface area (Å²) in [5.74, 6) is 0.438. The lowest BCUT2D eigenvalue weighted by molar-refractivity contribution is 0.0837. The highest BCUT2D eigenvalue weighted by Crippen LogP contribution is 2.27. The van der Waals surface area contributed by atoms with E-state index in [1.54, 1.807) is 0 Å². The molecule has 1 atom stereocenters. The average molecular weight is 314 g/mol. The van der Waals surface area contributed by atoms with Crippen molar-refractivity contribution in [3.8, 4) is 11.3 Å². The first-order valence-corrected chi connectivity index (χ1v) is 8.12. The zero-order valence-corrected chi connectivity index (χ0v) is 13.3. The molecule has 1 amide bonds. The molecule has 0 radical (unpaired) electrons. The number of aliphatic hydroxyl groups excluding tert-OH is 1. The Labute approximate surface area is 135 Å². The van der Waals surface area contributed by atoms with Gasteiger partial charge in [0.25, 0.3) is 5.91 Å². The van der Waals surface area contributed by atoms with Crippen LogP contribution in [0.5, 0.6) is 0 Å². The third-order valence-electron chi connectivity index (χ3n) is 4.51. The largest absolute Gasteiger partial charge is 0.443 e. The summed E-state index contributed by atoms with van der Waals surface area (Å²) in [5.41, 5.74) is 2.21. The van der Waals surface area contributed by atoms with Gasteiger partial charge in [-0.25, -0.2) is 4.98 Å². The van der Waals surface area contributed by atoms with Crippen molar-refractivity contribution in [3.63, 3.8) is 0 Å². The topological polar surface area (TPSA) is 75.4 Å². The van der Waals surface area contributed by atoms with E-state index in [0.29, 0.717) is 11.7 Å². The lowest BCUT2D eigenvalue weighted by atomic mass is 10.0. The summed E-state index contributed by atoms with van der Waals surface area (Å²) in [6.07, 6.45) is 5.19. The van der Waals surface area contributed by atoms with E-state index in [0.717, 1.165) is 36.8 Å². The Morgan fingerprint density at radius 2 is 2.04 bits per heavy atom. The summed E-state index contributed by atoms with van der Waals surface area (Å²) in [6.45, 7) is 2.26. The van der Waals surface area contributed by atoms with Crippen LogP contribution < -0.4 is 5.32 Å². The number of aliphatic hydroxyl groups is 1. The Morgan fingerprint density at radius 1 is 1.35 bits per heavy atom. The lowest BCUT2D eigenvalue weighted by Gasteiger charge is -2.17. The quantitative estimate of drug-likeness (QED) is 0.890. The molecule has 1 saturated carbocycles. The second kappa shape index (κ2) is 6.96. The normalized spacial score (nSPS) is 16.4. The molecule has 122 valence electrons. The van der Waals surface area contributed by atoms with Crippen molar-refractivity contribution in [3.05, 3.63) is 41.9 Å². The molecule has 1 aromatic carbocycles. The number of carbonyl (C=O) groups excluding carboxylic acids is 1. The van der Waals surface area contributed by atoms with Gasteiger partial charge >= 0.3 is 0 Å². The number of aryl methyl sites for hydroxylation is 1. The molecule has 5 heteroatoms. The van der Waals surface area contributed by atoms with Crippen LogP contribution in [0.2, 0.25) is 0 Å². The van der Waals surface area contributed by atoms with Gasteiger partial charge in [0.1, 0.15) is 0 Å². The first kappa shape index (κ1) is 15.7. The Balaban J connectivity index is 1.66. The van der Waals surface area contributed by atoms with E-state index >= 15 is 0 Å². The summed E-state index contributed by atoms with van der Waals surface area (Å²) in [5, 5.41) is 12.9. The smallest absolute Gasteiger partial charge is 0.274 e. The molecule has 1 heterocycles. The van der Waals surface area contributed by atoms with E-state index in [1.165, 1.54) is 6.39 Å². The van der Waals surface area contributed by atoms with Crippen molar-refractivity contribution in [2.24, 2.45) is 5.92 Å². The minimum Gasteiger partial charge on any atom is -0.443 e. The van der Waals surface area contributed by atoms with Crippen LogP contribution in [0.15, 0.2) is 35.1 Å². The van der Waals surface area contributed by atoms with Crippen LogP contribution in [0.25, 0.3) is 11.3 Å². The fraction of sp³-hybridized carbons (Fsp3) is 0.444. The van der Waals surface area contributed by atoms with Crippen molar-refractivity contribution in [1.29, 1.82) is 0 Å². The average Bonchev–Trinajstić information content (AvgIpc) is 3.24. The second-order valence-corrected chi connectivity index (χ2v) is 6.22. The summed E-state index contributed by atoms with van der Waals surface area (Å²) < 4.78 is 5.38. The SMILES string of the molecule is Cc1ccc(-c2ocnc2C(=O)NCC(O)C2CCCC2)cc1. The first-order valence-electron chi connectivity index (χ1n) is 8.12. The van der Waals surface area contributed by atoms with E-state index in [1.807, 2.05) is 31.2 Å². The van der Waals surface area contributed by atoms with Gasteiger partial charge in [-0.05, 0) is 25.7 Å². The van der Waals surface area contributed by atoms with E-state index in [-0.39, 0.29) is 18.1 Å². The van der Waals surface area contributed by atoms with Gasteiger partial charge in [0.05, 0.1) is 6.10 Å². The summed E-state index contributed by atoms with van der Waals surface area (Å²) in [6, 6.07) is 7.73. The minimum absolute atomic E-state index is 0.254. The van der Waals surface area contributed by atoms with E-state index in [2.05, 4.69) is 10.3 Å². The molecule has 2 N–H and O–H groups in total. The number of rotatable bonds is 5. The maximum Gasteiger partial charge on any atom is 0.274 e. The molecule has 1 fully saturated rings. The van der Waals surface area contributed by atoms with Gasteiger partial charge in [-0.15, -0.1) is 0 Å². The van der Waals surface area contributed by atoms with Gasteiger partial charge in [-0.3, -0.25) is 4.79 Å². The molecule has 0 saturated heterocycles. The molecule has 23 heavy (non-hydrogen) atoms. The van der Waals surface area contributed by atoms with E-state index in [9.17, 15) is 9.90 Å². The van der Waals surface area contributed by atoms with Gasteiger partial charge in [0.15, 0.2) is 17.8 Å². The molecule has 3 rings (SSSR count). The van der Waals surface area contributed by atoms with Gasteiger partial charge < -0.3 is 14.8 Å². The first-order chi connectivity index (χ1) is 11.1. The molecule has 0 bridgehead atoms. The lowest BCUT2D eigenvalue weighted by Crippen LogP contribution is -2.35. The number of oxazole rings is 1. The molecular weight excluding hydrogens is 292 g/mol. The van der Waals surface area contributed by atoms with Gasteiger partial charge in [0.2, 0.25) is 0 Å². The third kappa shape index (κ3) is 3.62. The highest BCUT2D eigenvalue weighted by molar-refractivity contribution is 5.97.